The highest BCUT2D eigenvalue weighted by Gasteiger charge is 2.25. The van der Waals surface area contributed by atoms with Crippen molar-refractivity contribution < 1.29 is 4.55 Å². The summed E-state index contributed by atoms with van der Waals surface area (Å²) in [5.74, 6) is 0. The van der Waals surface area contributed by atoms with Crippen molar-refractivity contribution in [2.75, 3.05) is 6.54 Å². The van der Waals surface area contributed by atoms with E-state index in [1.165, 1.54) is 0 Å². The molecule has 1 aromatic rings. The van der Waals surface area contributed by atoms with Gasteiger partial charge in [-0.15, -0.1) is 4.72 Å². The third-order valence-corrected chi connectivity index (χ3v) is 4.44. The molecule has 0 bridgehead atoms. The van der Waals surface area contributed by atoms with E-state index in [-0.39, 0.29) is 4.75 Å². The van der Waals surface area contributed by atoms with Gasteiger partial charge in [0.05, 0.1) is 0 Å². The van der Waals surface area contributed by atoms with Crippen molar-refractivity contribution in [3.05, 3.63) is 28.5 Å². The summed E-state index contributed by atoms with van der Waals surface area (Å²) in [6.45, 7) is 6.71. The highest BCUT2D eigenvalue weighted by atomic mass is 79.9. The van der Waals surface area contributed by atoms with E-state index in [2.05, 4.69) is 25.6 Å². The standard InChI is InChI=1S/C13H21BrN2OS/c1-13(2,3)18(17)15-10-5-4-7-11-8-6-9-12(14)16-11/h6,8-9,15H,4-5,7,10H2,1-3H3/t18-/m1/s1. The van der Waals surface area contributed by atoms with Gasteiger partial charge < -0.3 is 4.55 Å². The summed E-state index contributed by atoms with van der Waals surface area (Å²) in [6.07, 6.45) is 3.02. The molecule has 102 valence electrons. The van der Waals surface area contributed by atoms with E-state index in [1.54, 1.807) is 0 Å². The molecule has 1 N–H and O–H groups in total. The van der Waals surface area contributed by atoms with Crippen molar-refractivity contribution in [3.8, 4) is 0 Å². The molecule has 0 radical (unpaired) electrons. The largest absolute Gasteiger partial charge is 0.598 e. The number of unbranched alkanes of at least 4 members (excludes halogenated alkanes) is 1. The van der Waals surface area contributed by atoms with Gasteiger partial charge in [-0.25, -0.2) is 4.98 Å². The minimum atomic E-state index is -0.962. The molecular formula is C13H21BrN2OS. The Morgan fingerprint density at radius 1 is 1.33 bits per heavy atom. The Bertz CT molecular complexity index is 368. The molecule has 1 aromatic heterocycles. The molecule has 0 fully saturated rings. The normalized spacial score (nSPS) is 13.6. The predicted octanol–water partition coefficient (Wildman–Crippen LogP) is 3.22. The molecule has 3 nitrogen and oxygen atoms in total. The van der Waals surface area contributed by atoms with E-state index < -0.39 is 11.4 Å². The van der Waals surface area contributed by atoms with Crippen molar-refractivity contribution in [2.45, 2.75) is 44.8 Å². The van der Waals surface area contributed by atoms with E-state index in [1.807, 2.05) is 39.0 Å². The number of nitrogens with zero attached hydrogens (tertiary/aromatic N) is 1. The third-order valence-electron chi connectivity index (χ3n) is 2.42. The van der Waals surface area contributed by atoms with E-state index in [0.29, 0.717) is 0 Å². The van der Waals surface area contributed by atoms with Gasteiger partial charge in [-0.2, -0.15) is 0 Å². The Kier molecular flexibility index (Phi) is 6.63. The molecule has 0 aliphatic heterocycles. The molecule has 18 heavy (non-hydrogen) atoms. The average molecular weight is 333 g/mol. The van der Waals surface area contributed by atoms with Crippen molar-refractivity contribution in [2.24, 2.45) is 0 Å². The average Bonchev–Trinajstić information content (AvgIpc) is 2.27. The highest BCUT2D eigenvalue weighted by Crippen LogP contribution is 2.13. The van der Waals surface area contributed by atoms with E-state index in [0.717, 1.165) is 36.1 Å². The fraction of sp³-hybridized carbons (Fsp3) is 0.615. The molecule has 0 saturated carbocycles. The van der Waals surface area contributed by atoms with Crippen molar-refractivity contribution >= 4 is 27.3 Å². The number of aromatic nitrogens is 1. The number of aryl methyl sites for hydroxylation is 1. The molecule has 0 amide bonds. The number of pyridine rings is 1. The number of rotatable bonds is 6. The summed E-state index contributed by atoms with van der Waals surface area (Å²) >= 11 is 2.40. The monoisotopic (exact) mass is 332 g/mol. The van der Waals surface area contributed by atoms with E-state index >= 15 is 0 Å². The molecule has 1 heterocycles. The Balaban J connectivity index is 2.16. The first kappa shape index (κ1) is 16.0. The summed E-state index contributed by atoms with van der Waals surface area (Å²) in [7, 11) is 0. The van der Waals surface area contributed by atoms with Crippen molar-refractivity contribution in [1.29, 1.82) is 0 Å². The van der Waals surface area contributed by atoms with Gasteiger partial charge >= 0.3 is 0 Å². The molecule has 0 spiro atoms. The molecule has 0 unspecified atom stereocenters. The van der Waals surface area contributed by atoms with Crippen molar-refractivity contribution in [1.82, 2.24) is 9.71 Å². The second kappa shape index (κ2) is 7.48. The second-order valence-electron chi connectivity index (χ2n) is 5.18. The quantitative estimate of drug-likeness (QED) is 0.494. The summed E-state index contributed by atoms with van der Waals surface area (Å²) in [6, 6.07) is 5.96. The molecule has 1 rings (SSSR count). The lowest BCUT2D eigenvalue weighted by Gasteiger charge is -2.23. The Hall–Kier alpha value is -0.100. The molecule has 5 heteroatoms. The van der Waals surface area contributed by atoms with Crippen LogP contribution in [0.25, 0.3) is 0 Å². The van der Waals surface area contributed by atoms with Gasteiger partial charge in [-0.1, -0.05) is 6.07 Å². The molecule has 1 atom stereocenters. The van der Waals surface area contributed by atoms with Gasteiger partial charge in [0.1, 0.15) is 9.35 Å². The minimum absolute atomic E-state index is 0.189. The fourth-order valence-corrected chi connectivity index (χ4v) is 2.55. The maximum absolute atomic E-state index is 11.7. The van der Waals surface area contributed by atoms with Crippen LogP contribution in [0.15, 0.2) is 22.8 Å². The molecule has 0 aliphatic carbocycles. The zero-order chi connectivity index (χ0) is 13.6. The third kappa shape index (κ3) is 6.18. The summed E-state index contributed by atoms with van der Waals surface area (Å²) in [4.78, 5) is 4.38. The van der Waals surface area contributed by atoms with Gasteiger partial charge in [0.25, 0.3) is 0 Å². The van der Waals surface area contributed by atoms with Crippen molar-refractivity contribution in [3.63, 3.8) is 0 Å². The molecular weight excluding hydrogens is 312 g/mol. The second-order valence-corrected chi connectivity index (χ2v) is 8.05. The summed E-state index contributed by atoms with van der Waals surface area (Å²) < 4.78 is 15.5. The van der Waals surface area contributed by atoms with Crippen LogP contribution in [-0.4, -0.2) is 20.8 Å². The zero-order valence-electron chi connectivity index (χ0n) is 11.2. The lowest BCUT2D eigenvalue weighted by molar-refractivity contribution is 0.540. The minimum Gasteiger partial charge on any atom is -0.598 e. The van der Waals surface area contributed by atoms with E-state index in [9.17, 15) is 4.55 Å². The van der Waals surface area contributed by atoms with Gasteiger partial charge in [-0.3, -0.25) is 0 Å². The Morgan fingerprint density at radius 2 is 2.06 bits per heavy atom. The first-order valence-corrected chi connectivity index (χ1v) is 8.11. The van der Waals surface area contributed by atoms with E-state index in [4.69, 9.17) is 0 Å². The number of hydrogen-bond donors (Lipinski definition) is 1. The first-order chi connectivity index (χ1) is 8.39. The number of hydrogen-bond acceptors (Lipinski definition) is 3. The maximum Gasteiger partial charge on any atom is 0.136 e. The first-order valence-electron chi connectivity index (χ1n) is 6.16. The Morgan fingerprint density at radius 3 is 2.67 bits per heavy atom. The van der Waals surface area contributed by atoms with Crippen LogP contribution in [0.5, 0.6) is 0 Å². The molecule has 0 aliphatic rings. The lowest BCUT2D eigenvalue weighted by Crippen LogP contribution is -2.39. The Labute approximate surface area is 121 Å². The van der Waals surface area contributed by atoms with Crippen LogP contribution in [0.2, 0.25) is 0 Å². The van der Waals surface area contributed by atoms with Crippen LogP contribution in [0.3, 0.4) is 0 Å². The smallest absolute Gasteiger partial charge is 0.136 e. The van der Waals surface area contributed by atoms with Gasteiger partial charge in [-0.05, 0) is 68.1 Å². The van der Waals surface area contributed by atoms with Crippen LogP contribution in [0.1, 0.15) is 39.3 Å². The number of halogens is 1. The van der Waals surface area contributed by atoms with Crippen LogP contribution in [0, 0.1) is 0 Å². The van der Waals surface area contributed by atoms with Crippen LogP contribution < -0.4 is 4.72 Å². The topological polar surface area (TPSA) is 48.0 Å². The summed E-state index contributed by atoms with van der Waals surface area (Å²) in [5, 5.41) is 0. The maximum atomic E-state index is 11.7. The molecule has 0 saturated heterocycles. The van der Waals surface area contributed by atoms with Crippen LogP contribution in [0.4, 0.5) is 0 Å². The van der Waals surface area contributed by atoms with Gasteiger partial charge in [0.15, 0.2) is 0 Å². The van der Waals surface area contributed by atoms with Crippen LogP contribution in [-0.2, 0) is 17.8 Å². The lowest BCUT2D eigenvalue weighted by atomic mass is 10.2. The predicted molar refractivity (Wildman–Crippen MR) is 80.8 cm³/mol. The number of nitrogens with one attached hydrogen (secondary N) is 1. The molecule has 0 aromatic carbocycles. The van der Waals surface area contributed by atoms with Gasteiger partial charge in [0, 0.05) is 23.6 Å². The van der Waals surface area contributed by atoms with Crippen LogP contribution >= 0.6 is 15.9 Å². The fourth-order valence-electron chi connectivity index (χ4n) is 1.40. The zero-order valence-corrected chi connectivity index (χ0v) is 13.6. The highest BCUT2D eigenvalue weighted by molar-refractivity contribution is 9.10. The SMILES string of the molecule is CC(C)(C)[S@@+]([O-])NCCCCc1cccc(Br)n1. The van der Waals surface area contributed by atoms with Gasteiger partial charge in [0.2, 0.25) is 0 Å². The summed E-state index contributed by atoms with van der Waals surface area (Å²) in [5.41, 5.74) is 1.10.